The molecule has 1 aliphatic heterocycles. The van der Waals surface area contributed by atoms with Crippen molar-refractivity contribution in [1.82, 2.24) is 4.90 Å². The average Bonchev–Trinajstić information content (AvgIpc) is 2.72. The molecular weight excluding hydrogens is 218 g/mol. The van der Waals surface area contributed by atoms with Gasteiger partial charge in [0.15, 0.2) is 0 Å². The number of aliphatic hydroxyl groups is 1. The molecule has 0 spiro atoms. The summed E-state index contributed by atoms with van der Waals surface area (Å²) in [5.74, 6) is 0. The van der Waals surface area contributed by atoms with Crippen LogP contribution in [-0.2, 0) is 0 Å². The van der Waals surface area contributed by atoms with E-state index in [-0.39, 0.29) is 12.6 Å². The molecule has 1 aliphatic rings. The Bertz CT molecular complexity index is 450. The summed E-state index contributed by atoms with van der Waals surface area (Å²) in [6.07, 6.45) is 0. The van der Waals surface area contributed by atoms with E-state index in [0.717, 1.165) is 5.69 Å². The first-order chi connectivity index (χ1) is 8.26. The van der Waals surface area contributed by atoms with E-state index in [1.54, 1.807) is 34.1 Å². The summed E-state index contributed by atoms with van der Waals surface area (Å²) in [6.45, 7) is 1.59. The number of hydrogen-bond acceptors (Lipinski definition) is 3. The van der Waals surface area contributed by atoms with Gasteiger partial charge in [-0.2, -0.15) is 5.26 Å². The topological polar surface area (TPSA) is 67.6 Å². The molecule has 2 rings (SSSR count). The molecule has 1 aromatic carbocycles. The Morgan fingerprint density at radius 2 is 2.00 bits per heavy atom. The summed E-state index contributed by atoms with van der Waals surface area (Å²) >= 11 is 0. The van der Waals surface area contributed by atoms with Crippen molar-refractivity contribution in [2.75, 3.05) is 31.1 Å². The van der Waals surface area contributed by atoms with E-state index < -0.39 is 0 Å². The van der Waals surface area contributed by atoms with Crippen LogP contribution in [0, 0.1) is 11.3 Å². The summed E-state index contributed by atoms with van der Waals surface area (Å²) < 4.78 is 0. The van der Waals surface area contributed by atoms with E-state index >= 15 is 0 Å². The molecule has 0 aromatic heterocycles. The van der Waals surface area contributed by atoms with Gasteiger partial charge in [-0.15, -0.1) is 0 Å². The minimum Gasteiger partial charge on any atom is -0.395 e. The number of carbonyl (C=O) groups excluding carboxylic acids is 1. The molecule has 2 amide bonds. The fourth-order valence-electron chi connectivity index (χ4n) is 1.87. The molecule has 0 radical (unpaired) electrons. The van der Waals surface area contributed by atoms with Crippen LogP contribution in [-0.4, -0.2) is 42.3 Å². The van der Waals surface area contributed by atoms with Gasteiger partial charge in [-0.1, -0.05) is 0 Å². The Hall–Kier alpha value is -2.06. The first-order valence-electron chi connectivity index (χ1n) is 5.43. The van der Waals surface area contributed by atoms with Gasteiger partial charge in [0.2, 0.25) is 0 Å². The minimum absolute atomic E-state index is 0.0209. The lowest BCUT2D eigenvalue weighted by molar-refractivity contribution is 0.199. The first kappa shape index (κ1) is 11.4. The third-order valence-electron chi connectivity index (χ3n) is 2.77. The number of carbonyl (C=O) groups is 1. The monoisotopic (exact) mass is 231 g/mol. The maximum Gasteiger partial charge on any atom is 0.324 e. The minimum atomic E-state index is -0.0937. The molecule has 1 saturated heterocycles. The number of nitriles is 1. The Kier molecular flexibility index (Phi) is 3.26. The number of nitrogens with zero attached hydrogens (tertiary/aromatic N) is 3. The van der Waals surface area contributed by atoms with Crippen LogP contribution >= 0.6 is 0 Å². The van der Waals surface area contributed by atoms with Crippen molar-refractivity contribution in [2.45, 2.75) is 0 Å². The molecule has 0 atom stereocenters. The van der Waals surface area contributed by atoms with Crippen LogP contribution in [0.2, 0.25) is 0 Å². The molecule has 5 nitrogen and oxygen atoms in total. The fraction of sp³-hybridized carbons (Fsp3) is 0.333. The third-order valence-corrected chi connectivity index (χ3v) is 2.77. The summed E-state index contributed by atoms with van der Waals surface area (Å²) in [5, 5.41) is 17.5. The molecule has 0 aliphatic carbocycles. The second-order valence-corrected chi connectivity index (χ2v) is 3.80. The largest absolute Gasteiger partial charge is 0.395 e. The van der Waals surface area contributed by atoms with Crippen LogP contribution in [0.5, 0.6) is 0 Å². The number of rotatable bonds is 3. The van der Waals surface area contributed by atoms with Gasteiger partial charge in [0, 0.05) is 25.3 Å². The molecule has 1 heterocycles. The van der Waals surface area contributed by atoms with Crippen molar-refractivity contribution < 1.29 is 9.90 Å². The molecule has 1 fully saturated rings. The Morgan fingerprint density at radius 3 is 2.59 bits per heavy atom. The predicted molar refractivity (Wildman–Crippen MR) is 62.6 cm³/mol. The summed E-state index contributed by atoms with van der Waals surface area (Å²) in [6, 6.07) is 8.85. The number of amides is 2. The predicted octanol–water partition coefficient (Wildman–Crippen LogP) is 0.793. The second-order valence-electron chi connectivity index (χ2n) is 3.80. The number of β-amino-alcohol motifs (C(OH)–C–C–N with tert-alkyl or cyclic N) is 1. The summed E-state index contributed by atoms with van der Waals surface area (Å²) in [7, 11) is 0. The number of urea groups is 1. The zero-order valence-electron chi connectivity index (χ0n) is 9.33. The quantitative estimate of drug-likeness (QED) is 0.836. The number of anilines is 1. The van der Waals surface area contributed by atoms with E-state index in [1.165, 1.54) is 0 Å². The summed E-state index contributed by atoms with van der Waals surface area (Å²) in [5.41, 5.74) is 1.36. The van der Waals surface area contributed by atoms with E-state index in [0.29, 0.717) is 25.2 Å². The fourth-order valence-corrected chi connectivity index (χ4v) is 1.87. The van der Waals surface area contributed by atoms with E-state index in [4.69, 9.17) is 10.4 Å². The molecule has 17 heavy (non-hydrogen) atoms. The standard InChI is InChI=1S/C12H13N3O2/c13-9-10-1-3-11(4-2-10)15-6-5-14(7-8-16)12(15)17/h1-4,16H,5-8H2. The molecule has 5 heteroatoms. The van der Waals surface area contributed by atoms with Crippen molar-refractivity contribution in [3.63, 3.8) is 0 Å². The lowest BCUT2D eigenvalue weighted by atomic mass is 10.2. The smallest absolute Gasteiger partial charge is 0.324 e. The lowest BCUT2D eigenvalue weighted by Gasteiger charge is -2.17. The SMILES string of the molecule is N#Cc1ccc(N2CCN(CCO)C2=O)cc1. The first-order valence-corrected chi connectivity index (χ1v) is 5.43. The maximum absolute atomic E-state index is 11.9. The van der Waals surface area contributed by atoms with E-state index in [9.17, 15) is 4.79 Å². The number of benzene rings is 1. The molecule has 0 saturated carbocycles. The number of hydrogen-bond donors (Lipinski definition) is 1. The van der Waals surface area contributed by atoms with Crippen LogP contribution in [0.4, 0.5) is 10.5 Å². The van der Waals surface area contributed by atoms with E-state index in [2.05, 4.69) is 0 Å². The van der Waals surface area contributed by atoms with Gasteiger partial charge in [0.1, 0.15) is 0 Å². The van der Waals surface area contributed by atoms with Gasteiger partial charge < -0.3 is 10.0 Å². The third kappa shape index (κ3) is 2.22. The van der Waals surface area contributed by atoms with Gasteiger partial charge in [-0.05, 0) is 24.3 Å². The second kappa shape index (κ2) is 4.85. The van der Waals surface area contributed by atoms with E-state index in [1.807, 2.05) is 6.07 Å². The van der Waals surface area contributed by atoms with Gasteiger partial charge in [-0.25, -0.2) is 4.79 Å². The molecule has 0 bridgehead atoms. The van der Waals surface area contributed by atoms with Gasteiger partial charge >= 0.3 is 6.03 Å². The zero-order chi connectivity index (χ0) is 12.3. The van der Waals surface area contributed by atoms with Crippen LogP contribution < -0.4 is 4.90 Å². The van der Waals surface area contributed by atoms with Crippen molar-refractivity contribution in [3.05, 3.63) is 29.8 Å². The van der Waals surface area contributed by atoms with Crippen molar-refractivity contribution >= 4 is 11.7 Å². The van der Waals surface area contributed by atoms with Crippen molar-refractivity contribution in [1.29, 1.82) is 5.26 Å². The van der Waals surface area contributed by atoms with Crippen LogP contribution in [0.25, 0.3) is 0 Å². The highest BCUT2D eigenvalue weighted by atomic mass is 16.3. The molecule has 1 aromatic rings. The van der Waals surface area contributed by atoms with Gasteiger partial charge in [0.05, 0.1) is 18.2 Å². The zero-order valence-corrected chi connectivity index (χ0v) is 9.33. The lowest BCUT2D eigenvalue weighted by Crippen LogP contribution is -2.33. The molecule has 0 unspecified atom stereocenters. The maximum atomic E-state index is 11.9. The highest BCUT2D eigenvalue weighted by molar-refractivity contribution is 5.94. The Balaban J connectivity index is 2.13. The van der Waals surface area contributed by atoms with Gasteiger partial charge in [0.25, 0.3) is 0 Å². The number of aliphatic hydroxyl groups excluding tert-OH is 1. The van der Waals surface area contributed by atoms with Crippen LogP contribution in [0.15, 0.2) is 24.3 Å². The van der Waals surface area contributed by atoms with Crippen molar-refractivity contribution in [2.24, 2.45) is 0 Å². The average molecular weight is 231 g/mol. The van der Waals surface area contributed by atoms with Crippen molar-refractivity contribution in [3.8, 4) is 6.07 Å². The van der Waals surface area contributed by atoms with Crippen LogP contribution in [0.1, 0.15) is 5.56 Å². The van der Waals surface area contributed by atoms with Gasteiger partial charge in [-0.3, -0.25) is 4.90 Å². The highest BCUT2D eigenvalue weighted by Gasteiger charge is 2.28. The van der Waals surface area contributed by atoms with Crippen LogP contribution in [0.3, 0.4) is 0 Å². The Labute approximate surface area is 99.5 Å². The molecule has 1 N–H and O–H groups in total. The highest BCUT2D eigenvalue weighted by Crippen LogP contribution is 2.20. The molecular formula is C12H13N3O2. The Morgan fingerprint density at radius 1 is 1.29 bits per heavy atom. The molecule has 88 valence electrons. The summed E-state index contributed by atoms with van der Waals surface area (Å²) in [4.78, 5) is 15.2. The normalized spacial score (nSPS) is 15.2.